The van der Waals surface area contributed by atoms with Gasteiger partial charge >= 0.3 is 0 Å². The first-order valence-electron chi connectivity index (χ1n) is 10.0. The van der Waals surface area contributed by atoms with Gasteiger partial charge in [-0.05, 0) is 60.7 Å². The molecule has 1 saturated heterocycles. The fourth-order valence-corrected chi connectivity index (χ4v) is 3.87. The van der Waals surface area contributed by atoms with Gasteiger partial charge in [0.25, 0.3) is 5.91 Å². The first-order chi connectivity index (χ1) is 15.9. The van der Waals surface area contributed by atoms with Crippen molar-refractivity contribution in [3.63, 3.8) is 0 Å². The van der Waals surface area contributed by atoms with Gasteiger partial charge in [0.15, 0.2) is 0 Å². The Morgan fingerprint density at radius 3 is 1.67 bits per heavy atom. The molecule has 3 amide bonds. The Labute approximate surface area is 207 Å². The lowest BCUT2D eigenvalue weighted by Gasteiger charge is -2.45. The second kappa shape index (κ2) is 10.2. The topological polar surface area (TPSA) is 103 Å². The summed E-state index contributed by atoms with van der Waals surface area (Å²) in [5, 5.41) is 7.05. The minimum absolute atomic E-state index is 0.251. The van der Waals surface area contributed by atoms with Crippen molar-refractivity contribution in [3.8, 4) is 0 Å². The summed E-state index contributed by atoms with van der Waals surface area (Å²) in [7, 11) is 0. The Hall–Kier alpha value is -3.08. The Bertz CT molecular complexity index is 1090. The number of anilines is 2. The maximum atomic E-state index is 12.9. The summed E-state index contributed by atoms with van der Waals surface area (Å²) >= 11 is 6.72. The summed E-state index contributed by atoms with van der Waals surface area (Å²) < 4.78 is 1.78. The molecule has 33 heavy (non-hydrogen) atoms. The van der Waals surface area contributed by atoms with E-state index in [0.29, 0.717) is 16.9 Å². The third kappa shape index (κ3) is 5.65. The van der Waals surface area contributed by atoms with E-state index < -0.39 is 18.0 Å². The summed E-state index contributed by atoms with van der Waals surface area (Å²) in [6.45, 7) is 0. The fourth-order valence-electron chi connectivity index (χ4n) is 3.34. The second-order valence-electron chi connectivity index (χ2n) is 7.34. The third-order valence-electron chi connectivity index (χ3n) is 5.12. The minimum atomic E-state index is -0.708. The Kier molecular flexibility index (Phi) is 7.17. The first-order valence-corrected chi connectivity index (χ1v) is 11.6. The number of nitrogens with one attached hydrogen (secondary N) is 3. The predicted molar refractivity (Wildman–Crippen MR) is 131 cm³/mol. The lowest BCUT2D eigenvalue weighted by Crippen LogP contribution is -2.70. The second-order valence-corrected chi connectivity index (χ2v) is 9.18. The number of carbonyl (C=O) groups excluding carboxylic acids is 3. The summed E-state index contributed by atoms with van der Waals surface area (Å²) in [6, 6.07) is 16.0. The van der Waals surface area contributed by atoms with Crippen LogP contribution in [-0.2, 0) is 9.59 Å². The Morgan fingerprint density at radius 1 is 0.758 bits per heavy atom. The maximum Gasteiger partial charge on any atom is 0.265 e. The number of carbonyl (C=O) groups is 3. The number of nitrogens with zero attached hydrogens (tertiary/aromatic N) is 2. The van der Waals surface area contributed by atoms with Gasteiger partial charge in [0.05, 0.1) is 0 Å². The SMILES string of the molecule is O=C(NN1[C@@H](C(=O)Nc2ccc(Br)cc2)C[C@@H]1C(=O)Nc1ccc(Br)cc1)c1ccncc1. The molecule has 4 rings (SSSR count). The van der Waals surface area contributed by atoms with Gasteiger partial charge in [0.1, 0.15) is 12.1 Å². The monoisotopic (exact) mass is 571 g/mol. The molecule has 2 heterocycles. The molecule has 0 saturated carbocycles. The van der Waals surface area contributed by atoms with E-state index in [0.717, 1.165) is 8.95 Å². The van der Waals surface area contributed by atoms with Crippen molar-refractivity contribution in [3.05, 3.63) is 87.6 Å². The average Bonchev–Trinajstić information content (AvgIpc) is 2.80. The van der Waals surface area contributed by atoms with Gasteiger partial charge in [-0.15, -0.1) is 0 Å². The van der Waals surface area contributed by atoms with Crippen molar-refractivity contribution in [2.75, 3.05) is 10.6 Å². The van der Waals surface area contributed by atoms with Crippen molar-refractivity contribution in [2.45, 2.75) is 18.5 Å². The van der Waals surface area contributed by atoms with Crippen LogP contribution in [0.5, 0.6) is 0 Å². The Morgan fingerprint density at radius 2 is 1.21 bits per heavy atom. The van der Waals surface area contributed by atoms with Crippen LogP contribution < -0.4 is 16.1 Å². The van der Waals surface area contributed by atoms with Gasteiger partial charge in [-0.1, -0.05) is 31.9 Å². The zero-order chi connectivity index (χ0) is 23.4. The van der Waals surface area contributed by atoms with Gasteiger partial charge in [0.2, 0.25) is 11.8 Å². The minimum Gasteiger partial charge on any atom is -0.325 e. The van der Waals surface area contributed by atoms with Gasteiger partial charge in [-0.2, -0.15) is 5.01 Å². The molecular weight excluding hydrogens is 554 g/mol. The van der Waals surface area contributed by atoms with Crippen molar-refractivity contribution in [2.24, 2.45) is 0 Å². The highest BCUT2D eigenvalue weighted by molar-refractivity contribution is 9.10. The normalized spacial score (nSPS) is 17.5. The molecule has 1 aliphatic rings. The van der Waals surface area contributed by atoms with Crippen molar-refractivity contribution in [1.29, 1.82) is 0 Å². The number of pyridine rings is 1. The van der Waals surface area contributed by atoms with Crippen LogP contribution in [0.25, 0.3) is 0 Å². The van der Waals surface area contributed by atoms with Crippen molar-refractivity contribution >= 4 is 61.0 Å². The van der Waals surface area contributed by atoms with E-state index in [4.69, 9.17) is 0 Å². The van der Waals surface area contributed by atoms with Gasteiger partial charge < -0.3 is 10.6 Å². The van der Waals surface area contributed by atoms with Gasteiger partial charge in [-0.25, -0.2) is 0 Å². The summed E-state index contributed by atoms with van der Waals surface area (Å²) in [6.07, 6.45) is 3.25. The summed E-state index contributed by atoms with van der Waals surface area (Å²) in [4.78, 5) is 42.4. The maximum absolute atomic E-state index is 12.9. The number of hydrogen-bond donors (Lipinski definition) is 3. The molecule has 10 heteroatoms. The quantitative estimate of drug-likeness (QED) is 0.415. The highest BCUT2D eigenvalue weighted by atomic mass is 79.9. The van der Waals surface area contributed by atoms with Crippen LogP contribution in [0, 0.1) is 0 Å². The zero-order valence-electron chi connectivity index (χ0n) is 17.2. The molecule has 1 aliphatic heterocycles. The van der Waals surface area contributed by atoms with E-state index in [1.165, 1.54) is 17.4 Å². The highest BCUT2D eigenvalue weighted by Crippen LogP contribution is 2.27. The smallest absolute Gasteiger partial charge is 0.265 e. The largest absolute Gasteiger partial charge is 0.325 e. The van der Waals surface area contributed by atoms with Crippen LogP contribution in [-0.4, -0.2) is 39.8 Å². The van der Waals surface area contributed by atoms with Crippen LogP contribution in [0.3, 0.4) is 0 Å². The molecule has 0 spiro atoms. The first kappa shape index (κ1) is 23.1. The Balaban J connectivity index is 1.49. The molecule has 1 fully saturated rings. The molecule has 3 aromatic rings. The molecule has 2 aromatic carbocycles. The summed E-state index contributed by atoms with van der Waals surface area (Å²) in [5.74, 6) is -1.07. The third-order valence-corrected chi connectivity index (χ3v) is 6.18. The van der Waals surface area contributed by atoms with Crippen LogP contribution >= 0.6 is 31.9 Å². The number of halogens is 2. The van der Waals surface area contributed by atoms with E-state index in [1.54, 1.807) is 36.4 Å². The molecule has 8 nitrogen and oxygen atoms in total. The average molecular weight is 573 g/mol. The molecule has 168 valence electrons. The number of aromatic nitrogens is 1. The number of benzene rings is 2. The van der Waals surface area contributed by atoms with Crippen LogP contribution in [0.1, 0.15) is 16.8 Å². The van der Waals surface area contributed by atoms with E-state index in [-0.39, 0.29) is 18.2 Å². The zero-order valence-corrected chi connectivity index (χ0v) is 20.3. The molecule has 3 N–H and O–H groups in total. The fraction of sp³-hybridized carbons (Fsp3) is 0.130. The standard InChI is InChI=1S/C23H19Br2N5O3/c24-15-1-5-17(6-2-15)27-22(32)19-13-20(23(33)28-18-7-3-16(25)4-8-18)30(19)29-21(31)14-9-11-26-12-10-14/h1-12,19-20H,13H2,(H,27,32)(H,28,33)(H,29,31)/t19-,20-/m1/s1. The van der Waals surface area contributed by atoms with Crippen LogP contribution in [0.4, 0.5) is 11.4 Å². The molecule has 0 unspecified atom stereocenters. The number of rotatable bonds is 6. The van der Waals surface area contributed by atoms with Crippen LogP contribution in [0.15, 0.2) is 82.0 Å². The lowest BCUT2D eigenvalue weighted by molar-refractivity contribution is -0.141. The number of hydrogen-bond acceptors (Lipinski definition) is 5. The van der Waals surface area contributed by atoms with E-state index >= 15 is 0 Å². The van der Waals surface area contributed by atoms with Crippen molar-refractivity contribution < 1.29 is 14.4 Å². The van der Waals surface area contributed by atoms with E-state index in [9.17, 15) is 14.4 Å². The molecular formula is C23H19Br2N5O3. The lowest BCUT2D eigenvalue weighted by atomic mass is 9.93. The highest BCUT2D eigenvalue weighted by Gasteiger charge is 2.48. The number of amides is 3. The predicted octanol–water partition coefficient (Wildman–Crippen LogP) is 3.97. The van der Waals surface area contributed by atoms with Gasteiger partial charge in [0, 0.05) is 44.7 Å². The molecule has 0 radical (unpaired) electrons. The molecule has 0 bridgehead atoms. The van der Waals surface area contributed by atoms with Crippen molar-refractivity contribution in [1.82, 2.24) is 15.4 Å². The number of hydrazine groups is 1. The van der Waals surface area contributed by atoms with Gasteiger partial charge in [-0.3, -0.25) is 24.8 Å². The molecule has 0 aliphatic carbocycles. The summed E-state index contributed by atoms with van der Waals surface area (Å²) in [5.41, 5.74) is 4.32. The van der Waals surface area contributed by atoms with E-state index in [1.807, 2.05) is 24.3 Å². The van der Waals surface area contributed by atoms with E-state index in [2.05, 4.69) is 52.9 Å². The molecule has 2 atom stereocenters. The molecule has 1 aromatic heterocycles. The van der Waals surface area contributed by atoms with Crippen LogP contribution in [0.2, 0.25) is 0 Å².